The second kappa shape index (κ2) is 4.34. The molecule has 2 heterocycles. The van der Waals surface area contributed by atoms with Gasteiger partial charge in [-0.25, -0.2) is 0 Å². The van der Waals surface area contributed by atoms with Crippen LogP contribution in [0.25, 0.3) is 0 Å². The quantitative estimate of drug-likeness (QED) is 0.760. The van der Waals surface area contributed by atoms with E-state index in [1.165, 1.54) is 6.20 Å². The number of nitrogens with two attached hydrogens (primary N) is 1. The lowest BCUT2D eigenvalue weighted by molar-refractivity contribution is -0.117. The van der Waals surface area contributed by atoms with Crippen LogP contribution < -0.4 is 11.1 Å². The summed E-state index contributed by atoms with van der Waals surface area (Å²) in [5.74, 6) is 0.0110. The largest absolute Gasteiger partial charge is 0.328 e. The van der Waals surface area contributed by atoms with E-state index in [1.54, 1.807) is 24.9 Å². The Morgan fingerprint density at radius 2 is 2.41 bits per heavy atom. The molecule has 0 bridgehead atoms. The summed E-state index contributed by atoms with van der Waals surface area (Å²) >= 11 is 0. The van der Waals surface area contributed by atoms with Crippen LogP contribution in [0.4, 0.5) is 6.01 Å². The lowest BCUT2D eigenvalue weighted by Crippen LogP contribution is -2.27. The zero-order chi connectivity index (χ0) is 12.4. The molecular formula is C9H12N6O2. The van der Waals surface area contributed by atoms with Gasteiger partial charge < -0.3 is 10.3 Å². The van der Waals surface area contributed by atoms with E-state index in [0.717, 1.165) is 0 Å². The first kappa shape index (κ1) is 11.3. The Hall–Kier alpha value is -2.22. The highest BCUT2D eigenvalue weighted by Crippen LogP contribution is 2.11. The molecule has 0 fully saturated rings. The van der Waals surface area contributed by atoms with Crippen molar-refractivity contribution in [1.82, 2.24) is 19.9 Å². The number of anilines is 1. The second-order valence-electron chi connectivity index (χ2n) is 3.56. The van der Waals surface area contributed by atoms with E-state index in [0.29, 0.717) is 11.4 Å². The number of hydrogen-bond acceptors (Lipinski definition) is 6. The van der Waals surface area contributed by atoms with Crippen LogP contribution in [0.1, 0.15) is 17.4 Å². The van der Waals surface area contributed by atoms with Crippen LogP contribution in [-0.2, 0) is 11.8 Å². The van der Waals surface area contributed by atoms with Crippen molar-refractivity contribution < 1.29 is 9.32 Å². The summed E-state index contributed by atoms with van der Waals surface area (Å²) < 4.78 is 6.33. The number of rotatable bonds is 3. The number of nitrogens with zero attached hydrogens (tertiary/aromatic N) is 4. The summed E-state index contributed by atoms with van der Waals surface area (Å²) in [5.41, 5.74) is 6.36. The van der Waals surface area contributed by atoms with Crippen molar-refractivity contribution in [1.29, 1.82) is 0 Å². The van der Waals surface area contributed by atoms with Gasteiger partial charge >= 0.3 is 6.01 Å². The molecule has 2 aromatic heterocycles. The summed E-state index contributed by atoms with van der Waals surface area (Å²) in [6.45, 7) is 1.65. The van der Waals surface area contributed by atoms with E-state index in [9.17, 15) is 4.79 Å². The molecule has 17 heavy (non-hydrogen) atoms. The molecule has 3 N–H and O–H groups in total. The molecule has 0 aliphatic carbocycles. The van der Waals surface area contributed by atoms with Crippen molar-refractivity contribution in [3.05, 3.63) is 23.8 Å². The summed E-state index contributed by atoms with van der Waals surface area (Å²) in [7, 11) is 1.75. The summed E-state index contributed by atoms with van der Waals surface area (Å²) in [6, 6.07) is -0.789. The summed E-state index contributed by atoms with van der Waals surface area (Å²) in [5, 5.41) is 9.91. The summed E-state index contributed by atoms with van der Waals surface area (Å²) in [4.78, 5) is 15.6. The first-order valence-corrected chi connectivity index (χ1v) is 4.91. The predicted molar refractivity (Wildman–Crippen MR) is 57.8 cm³/mol. The van der Waals surface area contributed by atoms with Crippen LogP contribution in [-0.4, -0.2) is 25.8 Å². The first-order chi connectivity index (χ1) is 8.06. The third-order valence-electron chi connectivity index (χ3n) is 2.12. The minimum atomic E-state index is -0.823. The smallest absolute Gasteiger partial charge is 0.316 e. The average Bonchev–Trinajstić information content (AvgIpc) is 2.87. The van der Waals surface area contributed by atoms with Gasteiger partial charge in [-0.15, -0.1) is 0 Å². The van der Waals surface area contributed by atoms with Gasteiger partial charge in [0.15, 0.2) is 5.82 Å². The molecular weight excluding hydrogens is 224 g/mol. The molecule has 1 amide bonds. The number of carbonyl (C=O) groups excluding carboxylic acids is 1. The van der Waals surface area contributed by atoms with Crippen LogP contribution in [0.3, 0.4) is 0 Å². The predicted octanol–water partition coefficient (Wildman–Crippen LogP) is -0.250. The van der Waals surface area contributed by atoms with Crippen LogP contribution in [0.5, 0.6) is 0 Å². The normalized spacial score (nSPS) is 12.4. The lowest BCUT2D eigenvalue weighted by atomic mass is 10.1. The van der Waals surface area contributed by atoms with Gasteiger partial charge in [0.1, 0.15) is 6.04 Å². The molecule has 0 saturated heterocycles. The van der Waals surface area contributed by atoms with Crippen LogP contribution >= 0.6 is 0 Å². The fourth-order valence-corrected chi connectivity index (χ4v) is 1.28. The highest BCUT2D eigenvalue weighted by Gasteiger charge is 2.19. The van der Waals surface area contributed by atoms with Crippen molar-refractivity contribution in [2.24, 2.45) is 12.8 Å². The molecule has 1 unspecified atom stereocenters. The zero-order valence-corrected chi connectivity index (χ0v) is 9.41. The highest BCUT2D eigenvalue weighted by molar-refractivity contribution is 5.93. The van der Waals surface area contributed by atoms with Crippen molar-refractivity contribution in [3.63, 3.8) is 0 Å². The number of carbonyl (C=O) groups is 1. The third kappa shape index (κ3) is 2.48. The Kier molecular flexibility index (Phi) is 2.88. The lowest BCUT2D eigenvalue weighted by Gasteiger charge is -2.06. The van der Waals surface area contributed by atoms with Gasteiger partial charge in [-0.2, -0.15) is 10.1 Å². The van der Waals surface area contributed by atoms with E-state index in [-0.39, 0.29) is 6.01 Å². The fourth-order valence-electron chi connectivity index (χ4n) is 1.28. The van der Waals surface area contributed by atoms with Crippen LogP contribution in [0, 0.1) is 6.92 Å². The van der Waals surface area contributed by atoms with E-state index >= 15 is 0 Å². The molecule has 0 saturated carbocycles. The average molecular weight is 236 g/mol. The van der Waals surface area contributed by atoms with E-state index in [2.05, 4.69) is 20.6 Å². The first-order valence-electron chi connectivity index (χ1n) is 4.91. The molecule has 8 nitrogen and oxygen atoms in total. The van der Waals surface area contributed by atoms with E-state index < -0.39 is 11.9 Å². The minimum absolute atomic E-state index is 0.0341. The fraction of sp³-hybridized carbons (Fsp3) is 0.333. The maximum atomic E-state index is 11.7. The van der Waals surface area contributed by atoms with Crippen LogP contribution in [0.2, 0.25) is 0 Å². The highest BCUT2D eigenvalue weighted by atomic mass is 16.5. The maximum Gasteiger partial charge on any atom is 0.328 e. The van der Waals surface area contributed by atoms with Crippen molar-refractivity contribution >= 4 is 11.9 Å². The Labute approximate surface area is 96.8 Å². The van der Waals surface area contributed by atoms with Crippen molar-refractivity contribution in [2.75, 3.05) is 5.32 Å². The SMILES string of the molecule is Cc1noc(NC(=O)C(N)c2cnn(C)c2)n1. The van der Waals surface area contributed by atoms with Gasteiger partial charge in [0, 0.05) is 18.8 Å². The monoisotopic (exact) mass is 236 g/mol. The second-order valence-corrected chi connectivity index (χ2v) is 3.56. The molecule has 1 atom stereocenters. The molecule has 8 heteroatoms. The number of nitrogens with one attached hydrogen (secondary N) is 1. The molecule has 2 rings (SSSR count). The van der Waals surface area contributed by atoms with Gasteiger partial charge in [0.05, 0.1) is 6.20 Å². The standard InChI is InChI=1S/C9H12N6O2/c1-5-12-9(17-14-5)13-8(16)7(10)6-3-11-15(2)4-6/h3-4,7H,10H2,1-2H3,(H,12,13,14,16). The Morgan fingerprint density at radius 3 is 2.94 bits per heavy atom. The van der Waals surface area contributed by atoms with Gasteiger partial charge in [0.2, 0.25) is 5.91 Å². The molecule has 0 aliphatic rings. The number of aryl methyl sites for hydroxylation is 2. The number of hydrogen-bond donors (Lipinski definition) is 2. The maximum absolute atomic E-state index is 11.7. The Balaban J connectivity index is 2.05. The third-order valence-corrected chi connectivity index (χ3v) is 2.12. The molecule has 90 valence electrons. The molecule has 2 aromatic rings. The van der Waals surface area contributed by atoms with Crippen molar-refractivity contribution in [3.8, 4) is 0 Å². The molecule has 0 spiro atoms. The van der Waals surface area contributed by atoms with Crippen molar-refractivity contribution in [2.45, 2.75) is 13.0 Å². The topological polar surface area (TPSA) is 112 Å². The van der Waals surface area contributed by atoms with Gasteiger partial charge in [-0.05, 0) is 6.92 Å². The molecule has 0 aliphatic heterocycles. The molecule has 0 aromatic carbocycles. The van der Waals surface area contributed by atoms with Gasteiger partial charge in [-0.3, -0.25) is 14.8 Å². The summed E-state index contributed by atoms with van der Waals surface area (Å²) in [6.07, 6.45) is 3.20. The van der Waals surface area contributed by atoms with Gasteiger partial charge in [0.25, 0.3) is 0 Å². The zero-order valence-electron chi connectivity index (χ0n) is 9.41. The van der Waals surface area contributed by atoms with E-state index in [4.69, 9.17) is 10.3 Å². The molecule has 0 radical (unpaired) electrons. The van der Waals surface area contributed by atoms with Gasteiger partial charge in [-0.1, -0.05) is 5.16 Å². The number of amides is 1. The van der Waals surface area contributed by atoms with Crippen LogP contribution in [0.15, 0.2) is 16.9 Å². The number of aromatic nitrogens is 4. The minimum Gasteiger partial charge on any atom is -0.316 e. The Morgan fingerprint density at radius 1 is 1.65 bits per heavy atom. The van der Waals surface area contributed by atoms with E-state index in [1.807, 2.05) is 0 Å². The Bertz CT molecular complexity index is 531.